The van der Waals surface area contributed by atoms with Crippen LogP contribution >= 0.6 is 0 Å². The third kappa shape index (κ3) is 2.67. The molecule has 0 aromatic heterocycles. The normalized spacial score (nSPS) is 15.4. The maximum atomic E-state index is 11.2. The second-order valence-corrected chi connectivity index (χ2v) is 4.61. The monoisotopic (exact) mass is 265 g/mol. The Bertz CT molecular complexity index is 526. The molecule has 102 valence electrons. The first kappa shape index (κ1) is 13.3. The summed E-state index contributed by atoms with van der Waals surface area (Å²) in [5.74, 6) is -1.10. The van der Waals surface area contributed by atoms with Gasteiger partial charge in [-0.15, -0.1) is 0 Å². The molecule has 0 heterocycles. The van der Waals surface area contributed by atoms with Crippen LogP contribution in [0.15, 0.2) is 12.1 Å². The Morgan fingerprint density at radius 3 is 2.74 bits per heavy atom. The zero-order chi connectivity index (χ0) is 14.0. The molecule has 2 rings (SSSR count). The summed E-state index contributed by atoms with van der Waals surface area (Å²) in [6, 6.07) is 3.30. The van der Waals surface area contributed by atoms with Gasteiger partial charge in [0, 0.05) is 5.56 Å². The third-order valence-electron chi connectivity index (χ3n) is 3.30. The van der Waals surface area contributed by atoms with E-state index in [0.717, 1.165) is 24.8 Å². The summed E-state index contributed by atoms with van der Waals surface area (Å²) in [7, 11) is 0. The Morgan fingerprint density at radius 1 is 1.42 bits per heavy atom. The molecule has 1 aromatic rings. The number of hydrogen-bond acceptors (Lipinski definition) is 4. The summed E-state index contributed by atoms with van der Waals surface area (Å²) in [5, 5.41) is 20.0. The van der Waals surface area contributed by atoms with Crippen molar-refractivity contribution in [1.82, 2.24) is 0 Å². The van der Waals surface area contributed by atoms with Crippen LogP contribution in [-0.2, 0) is 17.6 Å². The summed E-state index contributed by atoms with van der Waals surface area (Å²) in [4.78, 5) is 21.5. The van der Waals surface area contributed by atoms with Gasteiger partial charge in [-0.2, -0.15) is 0 Å². The number of hydrogen-bond donors (Lipinski definition) is 1. The zero-order valence-electron chi connectivity index (χ0n) is 10.6. The minimum atomic E-state index is -1.15. The van der Waals surface area contributed by atoms with Crippen molar-refractivity contribution in [3.8, 4) is 5.75 Å². The van der Waals surface area contributed by atoms with Crippen LogP contribution in [0.4, 0.5) is 5.69 Å². The van der Waals surface area contributed by atoms with Gasteiger partial charge in [0.2, 0.25) is 0 Å². The third-order valence-corrected chi connectivity index (χ3v) is 3.30. The fourth-order valence-electron chi connectivity index (χ4n) is 2.32. The van der Waals surface area contributed by atoms with E-state index in [0.29, 0.717) is 12.0 Å². The fourth-order valence-corrected chi connectivity index (χ4v) is 2.32. The number of rotatable bonds is 4. The minimum absolute atomic E-state index is 0.0422. The molecule has 0 aliphatic heterocycles. The lowest BCUT2D eigenvalue weighted by molar-refractivity contribution is -0.386. The molecule has 0 bridgehead atoms. The number of benzene rings is 1. The number of aliphatic carboxylic acids is 1. The summed E-state index contributed by atoms with van der Waals surface area (Å²) in [6.45, 7) is 1.35. The van der Waals surface area contributed by atoms with Gasteiger partial charge >= 0.3 is 11.7 Å². The SMILES string of the molecule is CC(Oc1ccc2c(c1[N+](=O)[O-])CCCC2)C(=O)O. The molecule has 0 spiro atoms. The molecule has 1 aromatic carbocycles. The molecular weight excluding hydrogens is 250 g/mol. The molecule has 1 aliphatic carbocycles. The van der Waals surface area contributed by atoms with E-state index in [2.05, 4.69) is 0 Å². The quantitative estimate of drug-likeness (QED) is 0.666. The Labute approximate surface area is 110 Å². The average Bonchev–Trinajstić information content (AvgIpc) is 2.37. The van der Waals surface area contributed by atoms with Gasteiger partial charge < -0.3 is 9.84 Å². The highest BCUT2D eigenvalue weighted by Crippen LogP contribution is 2.37. The molecule has 0 radical (unpaired) electrons. The van der Waals surface area contributed by atoms with E-state index in [9.17, 15) is 14.9 Å². The smallest absolute Gasteiger partial charge is 0.344 e. The van der Waals surface area contributed by atoms with Crippen molar-refractivity contribution in [2.24, 2.45) is 0 Å². The molecule has 0 saturated heterocycles. The standard InChI is InChI=1S/C13H15NO5/c1-8(13(15)16)19-11-7-6-9-4-2-3-5-10(9)12(11)14(17)18/h6-8H,2-5H2,1H3,(H,15,16). The van der Waals surface area contributed by atoms with Gasteiger partial charge in [-0.25, -0.2) is 4.79 Å². The van der Waals surface area contributed by atoms with Crippen LogP contribution in [0.5, 0.6) is 5.75 Å². The number of ether oxygens (including phenoxy) is 1. The molecule has 1 N–H and O–H groups in total. The lowest BCUT2D eigenvalue weighted by Gasteiger charge is -2.18. The van der Waals surface area contributed by atoms with Crippen molar-refractivity contribution in [3.63, 3.8) is 0 Å². The highest BCUT2D eigenvalue weighted by atomic mass is 16.6. The number of carbonyl (C=O) groups is 1. The maximum absolute atomic E-state index is 11.2. The molecule has 6 nitrogen and oxygen atoms in total. The first-order chi connectivity index (χ1) is 9.00. The molecule has 0 amide bonds. The fraction of sp³-hybridized carbons (Fsp3) is 0.462. The average molecular weight is 265 g/mol. The summed E-state index contributed by atoms with van der Waals surface area (Å²) in [6.07, 6.45) is 2.29. The lowest BCUT2D eigenvalue weighted by atomic mass is 9.90. The van der Waals surface area contributed by atoms with E-state index >= 15 is 0 Å². The van der Waals surface area contributed by atoms with Gasteiger partial charge in [0.15, 0.2) is 11.9 Å². The first-order valence-corrected chi connectivity index (χ1v) is 6.19. The van der Waals surface area contributed by atoms with Crippen molar-refractivity contribution < 1.29 is 19.6 Å². The lowest BCUT2D eigenvalue weighted by Crippen LogP contribution is -2.23. The van der Waals surface area contributed by atoms with Crippen LogP contribution in [-0.4, -0.2) is 22.1 Å². The van der Waals surface area contributed by atoms with Crippen molar-refractivity contribution in [3.05, 3.63) is 33.4 Å². The van der Waals surface area contributed by atoms with Crippen LogP contribution in [0.2, 0.25) is 0 Å². The number of carboxylic acids is 1. The number of carboxylic acid groups (broad SMARTS) is 1. The highest BCUT2D eigenvalue weighted by molar-refractivity contribution is 5.72. The van der Waals surface area contributed by atoms with Crippen molar-refractivity contribution in [2.45, 2.75) is 38.7 Å². The van der Waals surface area contributed by atoms with Gasteiger partial charge in [0.1, 0.15) is 0 Å². The Hall–Kier alpha value is -2.11. The van der Waals surface area contributed by atoms with Gasteiger partial charge in [-0.05, 0) is 44.2 Å². The van der Waals surface area contributed by atoms with Gasteiger partial charge in [-0.3, -0.25) is 10.1 Å². The predicted molar refractivity (Wildman–Crippen MR) is 67.5 cm³/mol. The van der Waals surface area contributed by atoms with Gasteiger partial charge in [-0.1, -0.05) is 6.07 Å². The van der Waals surface area contributed by atoms with Crippen molar-refractivity contribution >= 4 is 11.7 Å². The van der Waals surface area contributed by atoms with Crippen LogP contribution in [0.3, 0.4) is 0 Å². The molecule has 1 aliphatic rings. The largest absolute Gasteiger partial charge is 0.479 e. The van der Waals surface area contributed by atoms with Gasteiger partial charge in [0.05, 0.1) is 4.92 Å². The number of fused-ring (bicyclic) bond motifs is 1. The Kier molecular flexibility index (Phi) is 3.69. The predicted octanol–water partition coefficient (Wildman–Crippen LogP) is 2.33. The topological polar surface area (TPSA) is 89.7 Å². The molecule has 1 unspecified atom stereocenters. The van der Waals surface area contributed by atoms with Crippen molar-refractivity contribution in [1.29, 1.82) is 0 Å². The molecule has 19 heavy (non-hydrogen) atoms. The maximum Gasteiger partial charge on any atom is 0.344 e. The van der Waals surface area contributed by atoms with Crippen molar-refractivity contribution in [2.75, 3.05) is 0 Å². The van der Waals surface area contributed by atoms with Gasteiger partial charge in [0.25, 0.3) is 0 Å². The molecule has 6 heteroatoms. The summed E-state index contributed by atoms with van der Waals surface area (Å²) >= 11 is 0. The van der Waals surface area contributed by atoms with E-state index in [4.69, 9.17) is 9.84 Å². The number of nitrogens with zero attached hydrogens (tertiary/aromatic N) is 1. The second kappa shape index (κ2) is 5.26. The molecular formula is C13H15NO5. The minimum Gasteiger partial charge on any atom is -0.479 e. The van der Waals surface area contributed by atoms with Crippen LogP contribution in [0.25, 0.3) is 0 Å². The number of nitro benzene ring substituents is 1. The summed E-state index contributed by atoms with van der Waals surface area (Å²) in [5.41, 5.74) is 1.57. The van der Waals surface area contributed by atoms with Crippen LogP contribution in [0, 0.1) is 10.1 Å². The number of nitro groups is 1. The Morgan fingerprint density at radius 2 is 2.11 bits per heavy atom. The van der Waals surface area contributed by atoms with Crippen LogP contribution < -0.4 is 4.74 Å². The second-order valence-electron chi connectivity index (χ2n) is 4.61. The summed E-state index contributed by atoms with van der Waals surface area (Å²) < 4.78 is 5.19. The first-order valence-electron chi connectivity index (χ1n) is 6.19. The molecule has 0 saturated carbocycles. The number of aryl methyl sites for hydroxylation is 1. The highest BCUT2D eigenvalue weighted by Gasteiger charge is 2.27. The van der Waals surface area contributed by atoms with E-state index in [1.165, 1.54) is 13.0 Å². The van der Waals surface area contributed by atoms with E-state index in [1.54, 1.807) is 6.07 Å². The molecule has 1 atom stereocenters. The van der Waals surface area contributed by atoms with E-state index in [1.807, 2.05) is 0 Å². The van der Waals surface area contributed by atoms with E-state index < -0.39 is 17.0 Å². The van der Waals surface area contributed by atoms with E-state index in [-0.39, 0.29) is 11.4 Å². The Balaban J connectivity index is 2.43. The zero-order valence-corrected chi connectivity index (χ0v) is 10.6. The molecule has 0 fully saturated rings. The van der Waals surface area contributed by atoms with Crippen LogP contribution in [0.1, 0.15) is 30.9 Å².